The van der Waals surface area contributed by atoms with Gasteiger partial charge in [-0.1, -0.05) is 30.3 Å². The van der Waals surface area contributed by atoms with Gasteiger partial charge in [-0.25, -0.2) is 0 Å². The first-order valence-electron chi connectivity index (χ1n) is 6.06. The van der Waals surface area contributed by atoms with Crippen LogP contribution >= 0.6 is 0 Å². The van der Waals surface area contributed by atoms with Gasteiger partial charge in [0.2, 0.25) is 0 Å². The molecule has 1 atom stereocenters. The van der Waals surface area contributed by atoms with Crippen molar-refractivity contribution in [2.24, 2.45) is 0 Å². The normalized spacial score (nSPS) is 11.7. The van der Waals surface area contributed by atoms with Crippen molar-refractivity contribution in [3.63, 3.8) is 0 Å². The van der Waals surface area contributed by atoms with Crippen molar-refractivity contribution in [1.29, 1.82) is 0 Å². The fourth-order valence-corrected chi connectivity index (χ4v) is 1.65. The van der Waals surface area contributed by atoms with E-state index in [4.69, 9.17) is 9.47 Å². The van der Waals surface area contributed by atoms with Crippen LogP contribution in [0.5, 0.6) is 0 Å². The zero-order valence-corrected chi connectivity index (χ0v) is 10.7. The molecule has 0 aliphatic heterocycles. The molecule has 18 heavy (non-hydrogen) atoms. The fraction of sp³-hybridized carbons (Fsp3) is 0.429. The van der Waals surface area contributed by atoms with Crippen LogP contribution in [0.2, 0.25) is 0 Å². The molecule has 0 unspecified atom stereocenters. The van der Waals surface area contributed by atoms with Crippen LogP contribution in [0.4, 0.5) is 0 Å². The molecule has 0 fully saturated rings. The third kappa shape index (κ3) is 4.20. The Balaban J connectivity index is 2.82. The first-order chi connectivity index (χ1) is 8.69. The van der Waals surface area contributed by atoms with Gasteiger partial charge in [0.15, 0.2) is 0 Å². The van der Waals surface area contributed by atoms with Crippen LogP contribution in [-0.4, -0.2) is 25.2 Å². The molecule has 0 amide bonds. The second-order valence-corrected chi connectivity index (χ2v) is 3.72. The molecule has 0 heterocycles. The Bertz CT molecular complexity index is 386. The smallest absolute Gasteiger partial charge is 0.313 e. The maximum Gasteiger partial charge on any atom is 0.313 e. The standard InChI is InChI=1S/C14H18O4/c1-3-17-13(15)10-12(14(16)18-4-2)11-8-6-5-7-9-11/h5-9,12H,3-4,10H2,1-2H3/t12-/m0/s1. The molecule has 0 saturated carbocycles. The maximum atomic E-state index is 11.9. The third-order valence-electron chi connectivity index (χ3n) is 2.45. The molecule has 0 bridgehead atoms. The Morgan fingerprint density at radius 2 is 1.67 bits per heavy atom. The number of esters is 2. The van der Waals surface area contributed by atoms with Gasteiger partial charge in [-0.3, -0.25) is 9.59 Å². The molecule has 1 rings (SSSR count). The SMILES string of the molecule is CCOC(=O)C[C@H](C(=O)OCC)c1ccccc1. The van der Waals surface area contributed by atoms with Crippen LogP contribution in [0.25, 0.3) is 0 Å². The van der Waals surface area contributed by atoms with Gasteiger partial charge in [-0.15, -0.1) is 0 Å². The summed E-state index contributed by atoms with van der Waals surface area (Å²) in [6.45, 7) is 4.08. The lowest BCUT2D eigenvalue weighted by Gasteiger charge is -2.15. The molecular weight excluding hydrogens is 232 g/mol. The lowest BCUT2D eigenvalue weighted by Crippen LogP contribution is -2.20. The van der Waals surface area contributed by atoms with Gasteiger partial charge in [-0.2, -0.15) is 0 Å². The molecule has 4 nitrogen and oxygen atoms in total. The zero-order valence-electron chi connectivity index (χ0n) is 10.7. The summed E-state index contributed by atoms with van der Waals surface area (Å²) in [6, 6.07) is 9.12. The van der Waals surface area contributed by atoms with Crippen LogP contribution in [0.3, 0.4) is 0 Å². The average Bonchev–Trinajstić information content (AvgIpc) is 2.37. The number of hydrogen-bond acceptors (Lipinski definition) is 4. The van der Waals surface area contributed by atoms with Crippen molar-refractivity contribution in [2.45, 2.75) is 26.2 Å². The molecule has 4 heteroatoms. The largest absolute Gasteiger partial charge is 0.466 e. The summed E-state index contributed by atoms with van der Waals surface area (Å²) in [7, 11) is 0. The maximum absolute atomic E-state index is 11.9. The predicted molar refractivity (Wildman–Crippen MR) is 67.1 cm³/mol. The zero-order chi connectivity index (χ0) is 13.4. The van der Waals surface area contributed by atoms with Gasteiger partial charge in [-0.05, 0) is 19.4 Å². The highest BCUT2D eigenvalue weighted by molar-refractivity contribution is 5.84. The fourth-order valence-electron chi connectivity index (χ4n) is 1.65. The molecular formula is C14H18O4. The Labute approximate surface area is 107 Å². The van der Waals surface area contributed by atoms with E-state index in [0.29, 0.717) is 13.2 Å². The third-order valence-corrected chi connectivity index (χ3v) is 2.45. The Morgan fingerprint density at radius 3 is 2.22 bits per heavy atom. The van der Waals surface area contributed by atoms with E-state index in [1.54, 1.807) is 26.0 Å². The van der Waals surface area contributed by atoms with E-state index >= 15 is 0 Å². The highest BCUT2D eigenvalue weighted by Gasteiger charge is 2.25. The Hall–Kier alpha value is -1.84. The van der Waals surface area contributed by atoms with Crippen LogP contribution in [0.15, 0.2) is 30.3 Å². The molecule has 0 radical (unpaired) electrons. The average molecular weight is 250 g/mol. The highest BCUT2D eigenvalue weighted by atomic mass is 16.5. The van der Waals surface area contributed by atoms with Gasteiger partial charge in [0, 0.05) is 0 Å². The monoisotopic (exact) mass is 250 g/mol. The van der Waals surface area contributed by atoms with Gasteiger partial charge in [0.1, 0.15) is 0 Å². The minimum Gasteiger partial charge on any atom is -0.466 e. The van der Waals surface area contributed by atoms with Crippen LogP contribution in [0.1, 0.15) is 31.7 Å². The predicted octanol–water partition coefficient (Wildman–Crippen LogP) is 2.29. The number of hydrogen-bond donors (Lipinski definition) is 0. The second-order valence-electron chi connectivity index (χ2n) is 3.72. The molecule has 0 spiro atoms. The summed E-state index contributed by atoms with van der Waals surface area (Å²) in [5.74, 6) is -1.37. The lowest BCUT2D eigenvalue weighted by molar-refractivity contribution is -0.151. The van der Waals surface area contributed by atoms with E-state index in [-0.39, 0.29) is 12.4 Å². The topological polar surface area (TPSA) is 52.6 Å². The summed E-state index contributed by atoms with van der Waals surface area (Å²) < 4.78 is 9.87. The van der Waals surface area contributed by atoms with E-state index in [1.807, 2.05) is 18.2 Å². The number of benzene rings is 1. The van der Waals surface area contributed by atoms with E-state index in [1.165, 1.54) is 0 Å². The lowest BCUT2D eigenvalue weighted by atomic mass is 9.96. The van der Waals surface area contributed by atoms with Gasteiger partial charge >= 0.3 is 11.9 Å². The summed E-state index contributed by atoms with van der Waals surface area (Å²) in [6.07, 6.45) is 0.0106. The van der Waals surface area contributed by atoms with Gasteiger partial charge < -0.3 is 9.47 Å². The molecule has 1 aromatic carbocycles. The number of rotatable bonds is 6. The number of carbonyl (C=O) groups is 2. The summed E-state index contributed by atoms with van der Waals surface area (Å²) in [5.41, 5.74) is 0.768. The molecule has 0 aliphatic carbocycles. The van der Waals surface area contributed by atoms with Crippen LogP contribution < -0.4 is 0 Å². The minimum absolute atomic E-state index is 0.0106. The molecule has 0 aliphatic rings. The molecule has 1 aromatic rings. The van der Waals surface area contributed by atoms with Crippen molar-refractivity contribution >= 4 is 11.9 Å². The summed E-state index contributed by atoms with van der Waals surface area (Å²) in [5, 5.41) is 0. The van der Waals surface area contributed by atoms with E-state index in [0.717, 1.165) is 5.56 Å². The summed E-state index contributed by atoms with van der Waals surface area (Å²) >= 11 is 0. The van der Waals surface area contributed by atoms with Crippen molar-refractivity contribution in [3.8, 4) is 0 Å². The van der Waals surface area contributed by atoms with Crippen molar-refractivity contribution in [3.05, 3.63) is 35.9 Å². The van der Waals surface area contributed by atoms with Crippen molar-refractivity contribution in [1.82, 2.24) is 0 Å². The molecule has 98 valence electrons. The first-order valence-corrected chi connectivity index (χ1v) is 6.06. The van der Waals surface area contributed by atoms with Crippen molar-refractivity contribution < 1.29 is 19.1 Å². The number of carbonyl (C=O) groups excluding carboxylic acids is 2. The quantitative estimate of drug-likeness (QED) is 0.727. The molecule has 0 aromatic heterocycles. The molecule has 0 N–H and O–H groups in total. The van der Waals surface area contributed by atoms with Crippen LogP contribution in [-0.2, 0) is 19.1 Å². The van der Waals surface area contributed by atoms with E-state index < -0.39 is 11.9 Å². The Morgan fingerprint density at radius 1 is 1.06 bits per heavy atom. The molecule has 0 saturated heterocycles. The Kier molecular flexibility index (Phi) is 5.91. The van der Waals surface area contributed by atoms with E-state index in [2.05, 4.69) is 0 Å². The van der Waals surface area contributed by atoms with Gasteiger partial charge in [0.25, 0.3) is 0 Å². The number of ether oxygens (including phenoxy) is 2. The second kappa shape index (κ2) is 7.48. The first kappa shape index (κ1) is 14.2. The van der Waals surface area contributed by atoms with E-state index in [9.17, 15) is 9.59 Å². The van der Waals surface area contributed by atoms with Crippen LogP contribution in [0, 0.1) is 0 Å². The summed E-state index contributed by atoms with van der Waals surface area (Å²) in [4.78, 5) is 23.4. The minimum atomic E-state index is -0.592. The van der Waals surface area contributed by atoms with Crippen molar-refractivity contribution in [2.75, 3.05) is 13.2 Å². The highest BCUT2D eigenvalue weighted by Crippen LogP contribution is 2.21. The van der Waals surface area contributed by atoms with Gasteiger partial charge in [0.05, 0.1) is 25.6 Å².